The van der Waals surface area contributed by atoms with Crippen molar-refractivity contribution in [3.05, 3.63) is 48.5 Å². The van der Waals surface area contributed by atoms with Crippen LogP contribution in [0.15, 0.2) is 63.7 Å². The molecule has 0 aliphatic heterocycles. The van der Waals surface area contributed by atoms with Crippen molar-refractivity contribution >= 4 is 27.2 Å². The first kappa shape index (κ1) is 20.8. The van der Waals surface area contributed by atoms with Crippen LogP contribution in [0.3, 0.4) is 0 Å². The molecule has 2 aromatic carbocycles. The fourth-order valence-electron chi connectivity index (χ4n) is 1.61. The van der Waals surface area contributed by atoms with Gasteiger partial charge in [0.05, 0.1) is 22.8 Å². The molecule has 25 heavy (non-hydrogen) atoms. The van der Waals surface area contributed by atoms with Crippen LogP contribution in [0.25, 0.3) is 0 Å². The molecule has 0 aliphatic carbocycles. The standard InChI is InChI=1S/C14H15N3O3S.C3H9N/c1-17(2)13-7-3-11(4-8-13)15-16-12-5-9-14(10-6-12)21(18,19)20;1-2-3-4/h3-10H,1-2H3,(H,18,19,20);2-4H2,1H3. The van der Waals surface area contributed by atoms with Crippen LogP contribution in [-0.4, -0.2) is 33.6 Å². The summed E-state index contributed by atoms with van der Waals surface area (Å²) in [5.74, 6) is 0. The van der Waals surface area contributed by atoms with Gasteiger partial charge in [-0.15, -0.1) is 0 Å². The predicted octanol–water partition coefficient (Wildman–Crippen LogP) is 2.71. The van der Waals surface area contributed by atoms with Crippen LogP contribution in [0.5, 0.6) is 0 Å². The van der Waals surface area contributed by atoms with Gasteiger partial charge in [-0.05, 0) is 55.0 Å². The van der Waals surface area contributed by atoms with Crippen molar-refractivity contribution in [1.82, 2.24) is 0 Å². The number of azo groups is 1. The molecule has 0 aromatic heterocycles. The Balaban J connectivity index is 0.000000705. The van der Waals surface area contributed by atoms with Crippen LogP contribution in [0.2, 0.25) is 0 Å². The van der Waals surface area contributed by atoms with E-state index in [1.807, 2.05) is 43.3 Å². The highest BCUT2D eigenvalue weighted by Crippen LogP contribution is 2.22. The molecule has 2 aromatic rings. The highest BCUT2D eigenvalue weighted by atomic mass is 32.2. The van der Waals surface area contributed by atoms with Crippen LogP contribution in [0.4, 0.5) is 17.1 Å². The summed E-state index contributed by atoms with van der Waals surface area (Å²) in [6, 6.07) is 12.8. The topological polar surface area (TPSA) is 113 Å². The van der Waals surface area contributed by atoms with Gasteiger partial charge < -0.3 is 15.2 Å². The van der Waals surface area contributed by atoms with E-state index in [-0.39, 0.29) is 4.90 Å². The van der Waals surface area contributed by atoms with Crippen LogP contribution in [-0.2, 0) is 10.1 Å². The molecule has 2 rings (SSSR count). The summed E-state index contributed by atoms with van der Waals surface area (Å²) in [6.07, 6.45) is 1.21. The molecule has 0 aliphatic rings. The molecule has 8 heteroatoms. The Morgan fingerprint density at radius 1 is 0.960 bits per heavy atom. The first-order chi connectivity index (χ1) is 11.8. The lowest BCUT2D eigenvalue weighted by molar-refractivity contribution is -0.367. The van der Waals surface area contributed by atoms with E-state index in [0.29, 0.717) is 11.4 Å². The van der Waals surface area contributed by atoms with Gasteiger partial charge in [0.25, 0.3) is 0 Å². The third-order valence-electron chi connectivity index (χ3n) is 3.13. The van der Waals surface area contributed by atoms with Crippen molar-refractivity contribution in [3.8, 4) is 0 Å². The van der Waals surface area contributed by atoms with E-state index in [1.54, 1.807) is 0 Å². The van der Waals surface area contributed by atoms with Crippen molar-refractivity contribution in [1.29, 1.82) is 0 Å². The average molecular weight is 364 g/mol. The summed E-state index contributed by atoms with van der Waals surface area (Å²) in [6.45, 7) is 3.19. The molecule has 0 bridgehead atoms. The number of anilines is 1. The molecule has 0 amide bonds. The third-order valence-corrected chi connectivity index (χ3v) is 3.98. The molecular formula is C17H24N4O3S. The molecule has 0 saturated heterocycles. The first-order valence-electron chi connectivity index (χ1n) is 7.82. The van der Waals surface area contributed by atoms with Crippen molar-refractivity contribution in [2.45, 2.75) is 18.2 Å². The molecule has 0 spiro atoms. The van der Waals surface area contributed by atoms with Gasteiger partial charge in [-0.25, -0.2) is 8.42 Å². The fourth-order valence-corrected chi connectivity index (χ4v) is 2.08. The van der Waals surface area contributed by atoms with E-state index in [2.05, 4.69) is 22.9 Å². The van der Waals surface area contributed by atoms with E-state index in [9.17, 15) is 13.0 Å². The monoisotopic (exact) mass is 364 g/mol. The Hall–Kier alpha value is -2.29. The zero-order valence-corrected chi connectivity index (χ0v) is 15.5. The molecule has 136 valence electrons. The second kappa shape index (κ2) is 9.87. The lowest BCUT2D eigenvalue weighted by atomic mass is 10.3. The lowest BCUT2D eigenvalue weighted by Crippen LogP contribution is -2.49. The van der Waals surface area contributed by atoms with Crippen molar-refractivity contribution < 1.29 is 18.7 Å². The maximum atomic E-state index is 10.8. The molecule has 0 unspecified atom stereocenters. The van der Waals surface area contributed by atoms with Crippen molar-refractivity contribution in [2.75, 3.05) is 25.5 Å². The average Bonchev–Trinajstić information content (AvgIpc) is 2.60. The van der Waals surface area contributed by atoms with Gasteiger partial charge in [0.2, 0.25) is 0 Å². The molecule has 3 N–H and O–H groups in total. The number of hydrogen-bond donors (Lipinski definition) is 1. The number of rotatable bonds is 5. The minimum Gasteiger partial charge on any atom is -0.744 e. The lowest BCUT2D eigenvalue weighted by Gasteiger charge is -2.11. The maximum absolute atomic E-state index is 10.8. The Kier molecular flexibility index (Phi) is 8.20. The van der Waals surface area contributed by atoms with Crippen LogP contribution in [0.1, 0.15) is 13.3 Å². The van der Waals surface area contributed by atoms with Gasteiger partial charge in [0, 0.05) is 19.8 Å². The van der Waals surface area contributed by atoms with Gasteiger partial charge in [-0.3, -0.25) is 0 Å². The first-order valence-corrected chi connectivity index (χ1v) is 9.23. The van der Waals surface area contributed by atoms with Crippen molar-refractivity contribution in [3.63, 3.8) is 0 Å². The van der Waals surface area contributed by atoms with Gasteiger partial charge in [0.15, 0.2) is 0 Å². The molecule has 0 heterocycles. The van der Waals surface area contributed by atoms with Gasteiger partial charge >= 0.3 is 0 Å². The van der Waals surface area contributed by atoms with Crippen LogP contribution >= 0.6 is 0 Å². The normalized spacial score (nSPS) is 11.1. The summed E-state index contributed by atoms with van der Waals surface area (Å²) in [4.78, 5) is 1.69. The molecule has 7 nitrogen and oxygen atoms in total. The van der Waals surface area contributed by atoms with Gasteiger partial charge in [-0.2, -0.15) is 10.2 Å². The summed E-state index contributed by atoms with van der Waals surface area (Å²) >= 11 is 0. The Morgan fingerprint density at radius 2 is 1.36 bits per heavy atom. The van der Waals surface area contributed by atoms with E-state index in [1.165, 1.54) is 30.7 Å². The number of nitrogens with zero attached hydrogens (tertiary/aromatic N) is 3. The molecular weight excluding hydrogens is 340 g/mol. The molecule has 0 atom stereocenters. The van der Waals surface area contributed by atoms with E-state index in [0.717, 1.165) is 12.2 Å². The van der Waals surface area contributed by atoms with Gasteiger partial charge in [0.1, 0.15) is 10.1 Å². The Labute approximate surface area is 148 Å². The summed E-state index contributed by atoms with van der Waals surface area (Å²) in [5.41, 5.74) is 5.81. The minimum atomic E-state index is -4.43. The summed E-state index contributed by atoms with van der Waals surface area (Å²) in [7, 11) is -0.533. The fraction of sp³-hybridized carbons (Fsp3) is 0.294. The van der Waals surface area contributed by atoms with E-state index in [4.69, 9.17) is 0 Å². The number of hydrogen-bond acceptors (Lipinski definition) is 6. The summed E-state index contributed by atoms with van der Waals surface area (Å²) in [5, 5.41) is 8.04. The molecule has 0 radical (unpaired) electrons. The zero-order valence-electron chi connectivity index (χ0n) is 14.7. The van der Waals surface area contributed by atoms with E-state index >= 15 is 0 Å². The quantitative estimate of drug-likeness (QED) is 0.649. The number of benzene rings is 2. The third kappa shape index (κ3) is 7.42. The van der Waals surface area contributed by atoms with E-state index < -0.39 is 10.1 Å². The molecule has 0 saturated carbocycles. The van der Waals surface area contributed by atoms with Crippen LogP contribution < -0.4 is 10.6 Å². The predicted molar refractivity (Wildman–Crippen MR) is 97.4 cm³/mol. The Morgan fingerprint density at radius 3 is 1.68 bits per heavy atom. The highest BCUT2D eigenvalue weighted by molar-refractivity contribution is 7.85. The second-order valence-electron chi connectivity index (χ2n) is 5.41. The minimum absolute atomic E-state index is 0.281. The zero-order chi connectivity index (χ0) is 18.9. The largest absolute Gasteiger partial charge is 0.744 e. The van der Waals surface area contributed by atoms with Crippen molar-refractivity contribution in [2.24, 2.45) is 10.2 Å². The second-order valence-corrected chi connectivity index (χ2v) is 6.79. The summed E-state index contributed by atoms with van der Waals surface area (Å²) < 4.78 is 32.4. The Bertz CT molecular complexity index is 769. The molecule has 0 fully saturated rings. The highest BCUT2D eigenvalue weighted by Gasteiger charge is 2.00. The maximum Gasteiger partial charge on any atom is 0.124 e. The SMILES string of the molecule is CCC[NH3+].CN(C)c1ccc(N=Nc2ccc(S(=O)(=O)[O-])cc2)cc1. The smallest absolute Gasteiger partial charge is 0.124 e. The van der Waals surface area contributed by atoms with Gasteiger partial charge in [-0.1, -0.05) is 6.92 Å². The van der Waals surface area contributed by atoms with Crippen LogP contribution in [0, 0.1) is 0 Å². The number of quaternary nitrogens is 1.